The van der Waals surface area contributed by atoms with Crippen molar-refractivity contribution in [1.82, 2.24) is 0 Å². The molecule has 0 aromatic carbocycles. The fourth-order valence-corrected chi connectivity index (χ4v) is 2.00. The Morgan fingerprint density at radius 2 is 2.00 bits per heavy atom. The van der Waals surface area contributed by atoms with Gasteiger partial charge in [0.25, 0.3) is 0 Å². The second kappa shape index (κ2) is 5.15. The van der Waals surface area contributed by atoms with Crippen LogP contribution in [0, 0.1) is 5.41 Å². The zero-order chi connectivity index (χ0) is 11.3. The molecule has 0 heterocycles. The van der Waals surface area contributed by atoms with Gasteiger partial charge in [-0.3, -0.25) is 0 Å². The van der Waals surface area contributed by atoms with Crippen LogP contribution in [0.1, 0.15) is 39.0 Å². The van der Waals surface area contributed by atoms with Crippen LogP contribution in [0.3, 0.4) is 0 Å². The molecule has 2 nitrogen and oxygen atoms in total. The Balaban J connectivity index is 2.49. The van der Waals surface area contributed by atoms with Crippen molar-refractivity contribution < 1.29 is 9.53 Å². The third kappa shape index (κ3) is 3.22. The summed E-state index contributed by atoms with van der Waals surface area (Å²) in [4.78, 5) is 11.3. The molecule has 1 saturated carbocycles. The van der Waals surface area contributed by atoms with E-state index in [1.165, 1.54) is 19.3 Å². The van der Waals surface area contributed by atoms with E-state index in [1.807, 2.05) is 6.08 Å². The lowest BCUT2D eigenvalue weighted by atomic mass is 9.75. The summed E-state index contributed by atoms with van der Waals surface area (Å²) in [5, 5.41) is 0. The first-order chi connectivity index (χ1) is 7.09. The van der Waals surface area contributed by atoms with Gasteiger partial charge in [-0.05, 0) is 19.8 Å². The maximum Gasteiger partial charge on any atom is 0.333 e. The van der Waals surface area contributed by atoms with Gasteiger partial charge in [0.05, 0.1) is 0 Å². The summed E-state index contributed by atoms with van der Waals surface area (Å²) in [7, 11) is 0. The Morgan fingerprint density at radius 1 is 1.40 bits per heavy atom. The van der Waals surface area contributed by atoms with E-state index in [0.717, 1.165) is 12.8 Å². The van der Waals surface area contributed by atoms with Crippen molar-refractivity contribution in [2.24, 2.45) is 5.41 Å². The molecule has 0 aromatic heterocycles. The average molecular weight is 208 g/mol. The molecule has 0 bridgehead atoms. The Bertz CT molecular complexity index is 260. The zero-order valence-electron chi connectivity index (χ0n) is 9.55. The van der Waals surface area contributed by atoms with Crippen LogP contribution in [-0.4, -0.2) is 12.6 Å². The van der Waals surface area contributed by atoms with E-state index in [0.29, 0.717) is 12.2 Å². The number of rotatable bonds is 4. The van der Waals surface area contributed by atoms with E-state index in [-0.39, 0.29) is 11.4 Å². The molecule has 0 spiro atoms. The van der Waals surface area contributed by atoms with Gasteiger partial charge in [0.1, 0.15) is 6.61 Å². The van der Waals surface area contributed by atoms with Crippen LogP contribution in [-0.2, 0) is 9.53 Å². The van der Waals surface area contributed by atoms with Gasteiger partial charge in [0, 0.05) is 11.0 Å². The summed E-state index contributed by atoms with van der Waals surface area (Å²) in [6.45, 7) is 9.56. The topological polar surface area (TPSA) is 26.3 Å². The molecule has 15 heavy (non-hydrogen) atoms. The van der Waals surface area contributed by atoms with E-state index in [2.05, 4.69) is 13.2 Å². The molecular formula is C13H20O2. The van der Waals surface area contributed by atoms with Crippen molar-refractivity contribution >= 4 is 5.97 Å². The van der Waals surface area contributed by atoms with Crippen LogP contribution >= 0.6 is 0 Å². The molecule has 1 aliphatic carbocycles. The Hall–Kier alpha value is -1.05. The lowest BCUT2D eigenvalue weighted by Gasteiger charge is -2.33. The quantitative estimate of drug-likeness (QED) is 0.403. The van der Waals surface area contributed by atoms with Crippen molar-refractivity contribution in [3.05, 3.63) is 24.8 Å². The molecular weight excluding hydrogens is 188 g/mol. The summed E-state index contributed by atoms with van der Waals surface area (Å²) in [5.74, 6) is -0.290. The fourth-order valence-electron chi connectivity index (χ4n) is 2.00. The molecule has 0 unspecified atom stereocenters. The lowest BCUT2D eigenvalue weighted by molar-refractivity contribution is -0.142. The minimum Gasteiger partial charge on any atom is -0.461 e. The first-order valence-corrected chi connectivity index (χ1v) is 5.56. The lowest BCUT2D eigenvalue weighted by Crippen LogP contribution is -2.28. The maximum absolute atomic E-state index is 11.3. The standard InChI is InChI=1S/C13H20O2/c1-4-13(8-6-5-7-9-13)10-15-12(14)11(2)3/h4H,1-2,5-10H2,3H3. The van der Waals surface area contributed by atoms with Crippen molar-refractivity contribution in [2.75, 3.05) is 6.61 Å². The molecule has 84 valence electrons. The number of esters is 1. The molecule has 0 aromatic rings. The zero-order valence-corrected chi connectivity index (χ0v) is 9.55. The third-order valence-electron chi connectivity index (χ3n) is 3.12. The normalized spacial score (nSPS) is 19.3. The summed E-state index contributed by atoms with van der Waals surface area (Å²) < 4.78 is 5.23. The number of ether oxygens (including phenoxy) is 1. The molecule has 0 aliphatic heterocycles. The molecule has 2 heteroatoms. The third-order valence-corrected chi connectivity index (χ3v) is 3.12. The minimum absolute atomic E-state index is 0.0172. The van der Waals surface area contributed by atoms with E-state index >= 15 is 0 Å². The molecule has 1 aliphatic rings. The van der Waals surface area contributed by atoms with Gasteiger partial charge in [-0.1, -0.05) is 31.9 Å². The Labute approximate surface area is 92.0 Å². The molecule has 0 atom stereocenters. The monoisotopic (exact) mass is 208 g/mol. The van der Waals surface area contributed by atoms with Gasteiger partial charge < -0.3 is 4.74 Å². The molecule has 0 amide bonds. The van der Waals surface area contributed by atoms with Crippen LogP contribution < -0.4 is 0 Å². The van der Waals surface area contributed by atoms with Crippen LogP contribution in [0.15, 0.2) is 24.8 Å². The van der Waals surface area contributed by atoms with Crippen molar-refractivity contribution in [1.29, 1.82) is 0 Å². The van der Waals surface area contributed by atoms with Crippen LogP contribution in [0.2, 0.25) is 0 Å². The predicted molar refractivity (Wildman–Crippen MR) is 61.5 cm³/mol. The van der Waals surface area contributed by atoms with Crippen molar-refractivity contribution in [2.45, 2.75) is 39.0 Å². The van der Waals surface area contributed by atoms with E-state index in [4.69, 9.17) is 4.74 Å². The van der Waals surface area contributed by atoms with E-state index in [9.17, 15) is 4.79 Å². The van der Waals surface area contributed by atoms with Gasteiger partial charge in [-0.25, -0.2) is 4.79 Å². The van der Waals surface area contributed by atoms with E-state index in [1.54, 1.807) is 6.92 Å². The SMILES string of the molecule is C=CC1(COC(=O)C(=C)C)CCCCC1. The minimum atomic E-state index is -0.290. The highest BCUT2D eigenvalue weighted by Crippen LogP contribution is 2.37. The number of hydrogen-bond acceptors (Lipinski definition) is 2. The van der Waals surface area contributed by atoms with Gasteiger partial charge in [-0.15, -0.1) is 6.58 Å². The summed E-state index contributed by atoms with van der Waals surface area (Å²) in [6.07, 6.45) is 7.81. The molecule has 0 radical (unpaired) electrons. The Morgan fingerprint density at radius 3 is 2.47 bits per heavy atom. The highest BCUT2D eigenvalue weighted by molar-refractivity contribution is 5.86. The maximum atomic E-state index is 11.3. The van der Waals surface area contributed by atoms with Crippen LogP contribution in [0.25, 0.3) is 0 Å². The largest absolute Gasteiger partial charge is 0.461 e. The average Bonchev–Trinajstić information content (AvgIpc) is 2.27. The number of carbonyl (C=O) groups excluding carboxylic acids is 1. The second-order valence-corrected chi connectivity index (χ2v) is 4.48. The highest BCUT2D eigenvalue weighted by atomic mass is 16.5. The van der Waals surface area contributed by atoms with Gasteiger partial charge in [0.2, 0.25) is 0 Å². The van der Waals surface area contributed by atoms with Crippen LogP contribution in [0.5, 0.6) is 0 Å². The van der Waals surface area contributed by atoms with Crippen LogP contribution in [0.4, 0.5) is 0 Å². The predicted octanol–water partition coefficient (Wildman–Crippen LogP) is 3.24. The van der Waals surface area contributed by atoms with Crippen molar-refractivity contribution in [3.63, 3.8) is 0 Å². The number of carbonyl (C=O) groups is 1. The summed E-state index contributed by atoms with van der Waals surface area (Å²) in [5.41, 5.74) is 0.480. The first-order valence-electron chi connectivity index (χ1n) is 5.56. The fraction of sp³-hybridized carbons (Fsp3) is 0.615. The van der Waals surface area contributed by atoms with E-state index < -0.39 is 0 Å². The second-order valence-electron chi connectivity index (χ2n) is 4.48. The van der Waals surface area contributed by atoms with Gasteiger partial charge in [0.15, 0.2) is 0 Å². The van der Waals surface area contributed by atoms with Gasteiger partial charge >= 0.3 is 5.97 Å². The summed E-state index contributed by atoms with van der Waals surface area (Å²) in [6, 6.07) is 0. The first kappa shape index (κ1) is 12.0. The molecule has 1 rings (SSSR count). The molecule has 1 fully saturated rings. The summed E-state index contributed by atoms with van der Waals surface area (Å²) >= 11 is 0. The van der Waals surface area contributed by atoms with Gasteiger partial charge in [-0.2, -0.15) is 0 Å². The Kier molecular flexibility index (Phi) is 4.13. The highest BCUT2D eigenvalue weighted by Gasteiger charge is 2.30. The van der Waals surface area contributed by atoms with Crippen molar-refractivity contribution in [3.8, 4) is 0 Å². The smallest absolute Gasteiger partial charge is 0.333 e. The molecule has 0 N–H and O–H groups in total. The number of hydrogen-bond donors (Lipinski definition) is 0. The molecule has 0 saturated heterocycles.